The molecule has 0 spiro atoms. The van der Waals surface area contributed by atoms with Crippen LogP contribution in [0.5, 0.6) is 5.88 Å². The molecule has 1 saturated carbocycles. The van der Waals surface area contributed by atoms with E-state index in [0.29, 0.717) is 25.2 Å². The summed E-state index contributed by atoms with van der Waals surface area (Å²) in [5, 5.41) is 23.1. The van der Waals surface area contributed by atoms with Crippen molar-refractivity contribution in [3.05, 3.63) is 30.2 Å². The van der Waals surface area contributed by atoms with E-state index in [0.717, 1.165) is 0 Å². The number of aliphatic hydroxyl groups excluding tert-OH is 2. The number of hydrogen-bond acceptors (Lipinski definition) is 9. The fourth-order valence-electron chi connectivity index (χ4n) is 4.06. The Morgan fingerprint density at radius 2 is 2.09 bits per heavy atom. The average Bonchev–Trinajstić information content (AvgIpc) is 3.23. The van der Waals surface area contributed by atoms with E-state index < -0.39 is 43.0 Å². The highest BCUT2D eigenvalue weighted by atomic mass is 19.3. The van der Waals surface area contributed by atoms with Crippen LogP contribution in [-0.2, 0) is 0 Å². The largest absolute Gasteiger partial charge is 0.474 e. The number of anilines is 3. The summed E-state index contributed by atoms with van der Waals surface area (Å²) in [6, 6.07) is 1.19. The smallest absolute Gasteiger partial charge is 0.329 e. The van der Waals surface area contributed by atoms with E-state index in [4.69, 9.17) is 9.84 Å². The number of hydrogen-bond donors (Lipinski definition) is 4. The fraction of sp³-hybridized carbons (Fsp3) is 0.476. The minimum absolute atomic E-state index is 0.0573. The van der Waals surface area contributed by atoms with E-state index in [1.807, 2.05) is 0 Å². The van der Waals surface area contributed by atoms with Crippen LogP contribution in [0.2, 0.25) is 0 Å². The third-order valence-electron chi connectivity index (χ3n) is 6.03. The van der Waals surface area contributed by atoms with Crippen LogP contribution in [0.15, 0.2) is 24.5 Å². The molecule has 0 radical (unpaired) electrons. The van der Waals surface area contributed by atoms with Gasteiger partial charge in [0.2, 0.25) is 5.88 Å². The molecule has 1 aliphatic carbocycles. The van der Waals surface area contributed by atoms with Crippen molar-refractivity contribution in [3.8, 4) is 5.88 Å². The van der Waals surface area contributed by atoms with E-state index in [2.05, 4.69) is 30.5 Å². The molecule has 1 saturated heterocycles. The number of pyridine rings is 1. The van der Waals surface area contributed by atoms with Gasteiger partial charge in [0.1, 0.15) is 18.4 Å². The van der Waals surface area contributed by atoms with Crippen LogP contribution in [0, 0.1) is 0 Å². The van der Waals surface area contributed by atoms with Gasteiger partial charge in [-0.05, 0) is 18.6 Å². The van der Waals surface area contributed by atoms with Gasteiger partial charge in [0.25, 0.3) is 11.8 Å². The van der Waals surface area contributed by atoms with E-state index in [-0.39, 0.29) is 35.9 Å². The molecule has 3 atom stereocenters. The van der Waals surface area contributed by atoms with Gasteiger partial charge >= 0.3 is 6.03 Å². The second kappa shape index (κ2) is 8.85. The Bertz CT molecular complexity index is 1140. The first-order valence-electron chi connectivity index (χ1n) is 11.0. The van der Waals surface area contributed by atoms with Crippen molar-refractivity contribution >= 4 is 29.3 Å². The van der Waals surface area contributed by atoms with Crippen LogP contribution in [0.25, 0.3) is 0 Å². The van der Waals surface area contributed by atoms with E-state index in [9.17, 15) is 23.5 Å². The van der Waals surface area contributed by atoms with Crippen molar-refractivity contribution in [3.63, 3.8) is 0 Å². The standard InChI is InChI=1S/C21H23F2N7O5/c22-21(23)5-15(21)27-19(33)13-1-2-14-18(26-13)30(11-3-4-29(14)8-11)20(34)28-16-6-25-17(7-24-16)35-10-12(32)9-31/h1-2,6-7,11-12,15,31-32H,3-5,8-10H2,(H,27,33)(H,24,28,34)/t11-,12+,15+/m0/s1. The third kappa shape index (κ3) is 4.66. The van der Waals surface area contributed by atoms with Gasteiger partial charge in [0.15, 0.2) is 11.6 Å². The van der Waals surface area contributed by atoms with E-state index in [1.165, 1.54) is 23.4 Å². The van der Waals surface area contributed by atoms with Gasteiger partial charge in [-0.15, -0.1) is 0 Å². The predicted octanol–water partition coefficient (Wildman–Crippen LogP) is 0.372. The summed E-state index contributed by atoms with van der Waals surface area (Å²) in [6.07, 6.45) is 1.76. The molecule has 4 heterocycles. The van der Waals surface area contributed by atoms with Gasteiger partial charge < -0.3 is 25.2 Å². The van der Waals surface area contributed by atoms with Gasteiger partial charge in [-0.1, -0.05) is 0 Å². The van der Waals surface area contributed by atoms with Crippen LogP contribution in [0.4, 0.5) is 30.9 Å². The number of nitrogens with zero attached hydrogens (tertiary/aromatic N) is 5. The Balaban J connectivity index is 1.32. The lowest BCUT2D eigenvalue weighted by atomic mass is 10.1. The first kappa shape index (κ1) is 23.1. The summed E-state index contributed by atoms with van der Waals surface area (Å²) in [5.74, 6) is -3.13. The lowest BCUT2D eigenvalue weighted by Gasteiger charge is -2.35. The number of aliphatic hydroxyl groups is 2. The molecule has 35 heavy (non-hydrogen) atoms. The van der Waals surface area contributed by atoms with Crippen molar-refractivity contribution in [1.82, 2.24) is 20.3 Å². The van der Waals surface area contributed by atoms with Crippen LogP contribution in [0.3, 0.4) is 0 Å². The summed E-state index contributed by atoms with van der Waals surface area (Å²) >= 11 is 0. The van der Waals surface area contributed by atoms with Crippen molar-refractivity contribution in [2.45, 2.75) is 37.0 Å². The molecular formula is C21H23F2N7O5. The monoisotopic (exact) mass is 491 g/mol. The van der Waals surface area contributed by atoms with E-state index >= 15 is 0 Å². The summed E-state index contributed by atoms with van der Waals surface area (Å²) < 4.78 is 31.6. The number of amides is 3. The second-order valence-electron chi connectivity index (χ2n) is 8.61. The van der Waals surface area contributed by atoms with Crippen LogP contribution < -0.4 is 25.2 Å². The zero-order valence-corrected chi connectivity index (χ0v) is 18.4. The zero-order valence-electron chi connectivity index (χ0n) is 18.4. The zero-order chi connectivity index (χ0) is 24.7. The lowest BCUT2D eigenvalue weighted by Crippen LogP contribution is -2.48. The van der Waals surface area contributed by atoms with Gasteiger partial charge in [-0.2, -0.15) is 0 Å². The Morgan fingerprint density at radius 3 is 2.77 bits per heavy atom. The Kier molecular flexibility index (Phi) is 5.84. The highest BCUT2D eigenvalue weighted by Gasteiger charge is 2.58. The number of nitrogens with one attached hydrogen (secondary N) is 2. The molecule has 2 fully saturated rings. The maximum absolute atomic E-state index is 13.2. The summed E-state index contributed by atoms with van der Waals surface area (Å²) in [4.78, 5) is 41.6. The number of carbonyl (C=O) groups excluding carboxylic acids is 2. The number of rotatable bonds is 7. The van der Waals surface area contributed by atoms with Crippen molar-refractivity contribution in [1.29, 1.82) is 0 Å². The molecule has 4 N–H and O–H groups in total. The molecule has 0 unspecified atom stereocenters. The number of alkyl halides is 2. The molecule has 2 aromatic rings. The first-order valence-corrected chi connectivity index (χ1v) is 11.0. The number of halogens is 2. The molecular weight excluding hydrogens is 468 g/mol. The minimum atomic E-state index is -2.90. The average molecular weight is 491 g/mol. The SMILES string of the molecule is O=C(N[C@@H]1CC1(F)F)c1ccc2c(n1)N(C(=O)Nc1cnc(OC[C@H](O)CO)cn1)[C@H]1CCN2C1. The minimum Gasteiger partial charge on any atom is -0.474 e. The topological polar surface area (TPSA) is 153 Å². The van der Waals surface area contributed by atoms with Crippen molar-refractivity contribution in [2.24, 2.45) is 0 Å². The summed E-state index contributed by atoms with van der Waals surface area (Å²) in [6.45, 7) is 0.670. The van der Waals surface area contributed by atoms with Gasteiger partial charge in [0, 0.05) is 19.5 Å². The highest BCUT2D eigenvalue weighted by Crippen LogP contribution is 2.42. The predicted molar refractivity (Wildman–Crippen MR) is 118 cm³/mol. The maximum atomic E-state index is 13.2. The number of fused-ring (bicyclic) bond motifs is 4. The van der Waals surface area contributed by atoms with Crippen molar-refractivity contribution in [2.75, 3.05) is 41.4 Å². The molecule has 14 heteroatoms. The second-order valence-corrected chi connectivity index (χ2v) is 8.61. The molecule has 2 bridgehead atoms. The van der Waals surface area contributed by atoms with E-state index in [1.54, 1.807) is 6.07 Å². The van der Waals surface area contributed by atoms with Crippen LogP contribution in [-0.4, -0.2) is 87.5 Å². The number of carbonyl (C=O) groups is 2. The lowest BCUT2D eigenvalue weighted by molar-refractivity contribution is 0.0520. The molecule has 0 aromatic carbocycles. The Labute approximate surface area is 197 Å². The molecule has 3 amide bonds. The maximum Gasteiger partial charge on any atom is 0.329 e. The van der Waals surface area contributed by atoms with Gasteiger partial charge in [-0.3, -0.25) is 15.0 Å². The summed E-state index contributed by atoms with van der Waals surface area (Å²) in [7, 11) is 0. The third-order valence-corrected chi connectivity index (χ3v) is 6.03. The fourth-order valence-corrected chi connectivity index (χ4v) is 4.06. The molecule has 3 aliphatic rings. The summed E-state index contributed by atoms with van der Waals surface area (Å²) in [5.41, 5.74) is 0.609. The first-order chi connectivity index (χ1) is 16.7. The highest BCUT2D eigenvalue weighted by molar-refractivity contribution is 6.05. The van der Waals surface area contributed by atoms with Crippen LogP contribution in [0.1, 0.15) is 23.3 Å². The molecule has 12 nitrogen and oxygen atoms in total. The molecule has 2 aliphatic heterocycles. The molecule has 2 aromatic heterocycles. The quantitative estimate of drug-likeness (QED) is 0.430. The normalized spacial score (nSPS) is 22.3. The Hall–Kier alpha value is -3.65. The van der Waals surface area contributed by atoms with Gasteiger partial charge in [-0.25, -0.2) is 28.5 Å². The molecule has 5 rings (SSSR count). The molecule has 186 valence electrons. The van der Waals surface area contributed by atoms with Crippen molar-refractivity contribution < 1.29 is 33.3 Å². The number of urea groups is 1. The number of aromatic nitrogens is 3. The van der Waals surface area contributed by atoms with Crippen LogP contribution >= 0.6 is 0 Å². The van der Waals surface area contributed by atoms with Gasteiger partial charge in [0.05, 0.1) is 36.8 Å². The Morgan fingerprint density at radius 1 is 1.29 bits per heavy atom. The number of ether oxygens (including phenoxy) is 1.